The minimum absolute atomic E-state index is 0.0393. The van der Waals surface area contributed by atoms with Gasteiger partial charge in [0.1, 0.15) is 17.4 Å². The van der Waals surface area contributed by atoms with E-state index in [1.54, 1.807) is 43.6 Å². The number of phosphoric acid groups is 1. The summed E-state index contributed by atoms with van der Waals surface area (Å²) in [5.74, 6) is -0.470. The van der Waals surface area contributed by atoms with Crippen LogP contribution in [0.25, 0.3) is 21.7 Å². The van der Waals surface area contributed by atoms with E-state index in [1.807, 2.05) is 48.5 Å². The number of benzene rings is 3. The second-order valence-electron chi connectivity index (χ2n) is 9.83. The number of para-hydroxylation sites is 2. The second-order valence-corrected chi connectivity index (χ2v) is 11.9. The zero-order chi connectivity index (χ0) is 33.6. The molecule has 0 aliphatic carbocycles. The molecular weight excluding hydrogens is 649 g/mol. The molecule has 3 aromatic heterocycles. The molecule has 0 spiro atoms. The molecule has 13 nitrogen and oxygen atoms in total. The third-order valence-corrected chi connectivity index (χ3v) is 7.89. The van der Waals surface area contributed by atoms with E-state index in [2.05, 4.69) is 19.5 Å². The van der Waals surface area contributed by atoms with Crippen LogP contribution in [0.4, 0.5) is 0 Å². The Kier molecular flexibility index (Phi) is 10.1. The number of thiazole rings is 1. The molecule has 0 bridgehead atoms. The lowest BCUT2D eigenvalue weighted by atomic mass is 10.1. The van der Waals surface area contributed by atoms with Gasteiger partial charge >= 0.3 is 19.8 Å². The van der Waals surface area contributed by atoms with Crippen LogP contribution in [0.15, 0.2) is 96.6 Å². The van der Waals surface area contributed by atoms with Crippen LogP contribution in [0.2, 0.25) is 0 Å². The van der Waals surface area contributed by atoms with Gasteiger partial charge in [0.2, 0.25) is 0 Å². The van der Waals surface area contributed by atoms with Gasteiger partial charge in [-0.05, 0) is 54.1 Å². The van der Waals surface area contributed by atoms with Crippen molar-refractivity contribution in [3.8, 4) is 17.2 Å². The van der Waals surface area contributed by atoms with Crippen molar-refractivity contribution in [3.63, 3.8) is 0 Å². The fraction of sp³-hybridized carbons (Fsp3) is 0.0938. The molecule has 0 fully saturated rings. The SMILES string of the molecule is Cc1nc2ccncc2cc1C(=O)O.O=C(O)c1csc(C2COc3ccccc3O2)n1.O=P(O)(O)Oc1ccc2ccccc2c1. The first-order chi connectivity index (χ1) is 22.5. The summed E-state index contributed by atoms with van der Waals surface area (Å²) in [6.45, 7) is 2.02. The van der Waals surface area contributed by atoms with Crippen molar-refractivity contribution in [3.05, 3.63) is 119 Å². The average Bonchev–Trinajstić information content (AvgIpc) is 3.55. The number of carboxylic acid groups (broad SMARTS) is 2. The Balaban J connectivity index is 0.000000140. The topological polar surface area (TPSA) is 198 Å². The molecule has 7 rings (SSSR count). The van der Waals surface area contributed by atoms with Gasteiger partial charge in [-0.3, -0.25) is 19.8 Å². The molecule has 3 aromatic carbocycles. The van der Waals surface area contributed by atoms with Crippen molar-refractivity contribution in [1.82, 2.24) is 15.0 Å². The van der Waals surface area contributed by atoms with E-state index in [9.17, 15) is 14.2 Å². The van der Waals surface area contributed by atoms with Gasteiger partial charge in [0.25, 0.3) is 0 Å². The van der Waals surface area contributed by atoms with Gasteiger partial charge in [-0.15, -0.1) is 11.3 Å². The molecule has 1 aliphatic heterocycles. The quantitative estimate of drug-likeness (QED) is 0.149. The highest BCUT2D eigenvalue weighted by Gasteiger charge is 2.25. The molecule has 4 heterocycles. The lowest BCUT2D eigenvalue weighted by Gasteiger charge is -2.24. The van der Waals surface area contributed by atoms with Crippen molar-refractivity contribution in [2.45, 2.75) is 13.0 Å². The van der Waals surface area contributed by atoms with Crippen LogP contribution in [-0.2, 0) is 4.57 Å². The van der Waals surface area contributed by atoms with E-state index in [0.717, 1.165) is 21.7 Å². The summed E-state index contributed by atoms with van der Waals surface area (Å²) < 4.78 is 26.4. The maximum absolute atomic E-state index is 10.8. The van der Waals surface area contributed by atoms with Gasteiger partial charge in [0, 0.05) is 23.2 Å². The number of aromatic carboxylic acids is 2. The Morgan fingerprint density at radius 2 is 1.62 bits per heavy atom. The molecule has 4 N–H and O–H groups in total. The molecular formula is C32H26N3O10PS. The first kappa shape index (κ1) is 33.0. The number of ether oxygens (including phenoxy) is 2. The van der Waals surface area contributed by atoms with Crippen molar-refractivity contribution in [2.75, 3.05) is 6.61 Å². The van der Waals surface area contributed by atoms with Crippen LogP contribution in [0.3, 0.4) is 0 Å². The van der Waals surface area contributed by atoms with Gasteiger partial charge in [0.15, 0.2) is 23.3 Å². The Morgan fingerprint density at radius 1 is 0.894 bits per heavy atom. The molecule has 1 atom stereocenters. The van der Waals surface area contributed by atoms with Crippen molar-refractivity contribution in [1.29, 1.82) is 0 Å². The van der Waals surface area contributed by atoms with Gasteiger partial charge < -0.3 is 24.2 Å². The van der Waals surface area contributed by atoms with Crippen LogP contribution in [0, 0.1) is 6.92 Å². The van der Waals surface area contributed by atoms with Crippen LogP contribution >= 0.6 is 19.2 Å². The number of hydrogen-bond acceptors (Lipinski definition) is 10. The highest BCUT2D eigenvalue weighted by Crippen LogP contribution is 2.38. The summed E-state index contributed by atoms with van der Waals surface area (Å²) in [6, 6.07) is 23.1. The minimum atomic E-state index is -4.47. The first-order valence-corrected chi connectivity index (χ1v) is 16.1. The largest absolute Gasteiger partial charge is 0.524 e. The second kappa shape index (κ2) is 14.4. The summed E-state index contributed by atoms with van der Waals surface area (Å²) in [7, 11) is -4.47. The average molecular weight is 676 g/mol. The molecule has 1 aliphatic rings. The van der Waals surface area contributed by atoms with E-state index in [-0.39, 0.29) is 23.1 Å². The van der Waals surface area contributed by atoms with Crippen LogP contribution < -0.4 is 14.0 Å². The number of hydrogen-bond donors (Lipinski definition) is 4. The van der Waals surface area contributed by atoms with E-state index in [0.29, 0.717) is 28.8 Å². The monoisotopic (exact) mass is 675 g/mol. The normalized spacial score (nSPS) is 13.5. The Bertz CT molecular complexity index is 2120. The lowest BCUT2D eigenvalue weighted by Crippen LogP contribution is -2.21. The van der Waals surface area contributed by atoms with Crippen molar-refractivity contribution < 1.29 is 48.2 Å². The van der Waals surface area contributed by atoms with Crippen LogP contribution in [0.1, 0.15) is 37.7 Å². The fourth-order valence-electron chi connectivity index (χ4n) is 4.37. The number of aromatic nitrogens is 3. The predicted octanol–water partition coefficient (Wildman–Crippen LogP) is 6.30. The third kappa shape index (κ3) is 8.66. The van der Waals surface area contributed by atoms with E-state index in [4.69, 9.17) is 29.5 Å². The maximum atomic E-state index is 10.8. The molecule has 0 saturated carbocycles. The van der Waals surface area contributed by atoms with E-state index < -0.39 is 19.8 Å². The minimum Gasteiger partial charge on any atom is -0.485 e. The zero-order valence-corrected chi connectivity index (χ0v) is 26.2. The Labute approximate surface area is 270 Å². The lowest BCUT2D eigenvalue weighted by molar-refractivity contribution is 0.0680. The number of carbonyl (C=O) groups is 2. The van der Waals surface area contributed by atoms with Crippen molar-refractivity contribution >= 4 is 52.8 Å². The predicted molar refractivity (Wildman–Crippen MR) is 172 cm³/mol. The zero-order valence-electron chi connectivity index (χ0n) is 24.5. The Morgan fingerprint density at radius 3 is 2.32 bits per heavy atom. The molecule has 0 radical (unpaired) electrons. The van der Waals surface area contributed by atoms with Gasteiger partial charge in [-0.1, -0.05) is 42.5 Å². The number of aryl methyl sites for hydroxylation is 1. The molecule has 47 heavy (non-hydrogen) atoms. The van der Waals surface area contributed by atoms with Gasteiger partial charge in [-0.2, -0.15) is 0 Å². The molecule has 6 aromatic rings. The molecule has 240 valence electrons. The number of fused-ring (bicyclic) bond motifs is 3. The van der Waals surface area contributed by atoms with E-state index in [1.165, 1.54) is 22.8 Å². The number of pyridine rings is 2. The summed E-state index contributed by atoms with van der Waals surface area (Å²) in [4.78, 5) is 50.9. The summed E-state index contributed by atoms with van der Waals surface area (Å²) in [6.07, 6.45) is 2.89. The van der Waals surface area contributed by atoms with Crippen LogP contribution in [-0.4, -0.2) is 53.5 Å². The highest BCUT2D eigenvalue weighted by molar-refractivity contribution is 7.46. The molecule has 1 unspecified atom stereocenters. The maximum Gasteiger partial charge on any atom is 0.524 e. The van der Waals surface area contributed by atoms with Crippen molar-refractivity contribution in [2.24, 2.45) is 0 Å². The molecule has 0 saturated heterocycles. The van der Waals surface area contributed by atoms with E-state index >= 15 is 0 Å². The van der Waals surface area contributed by atoms with Crippen LogP contribution in [0.5, 0.6) is 17.2 Å². The standard InChI is InChI=1S/C12H9NO4S.C10H8N2O2.C10H9O4P/c14-12(15)7-6-18-11(13-7)10-5-16-8-3-1-2-4-9(8)17-10;1-6-8(10(13)14)4-7-5-11-3-2-9(7)12-6;11-15(12,13)14-10-6-5-8-3-1-2-4-9(8)7-10/h1-4,6,10H,5H2,(H,14,15);2-5H,1H3,(H,13,14);1-7H,(H2,11,12,13). The third-order valence-electron chi connectivity index (χ3n) is 6.51. The number of phosphoric ester groups is 1. The smallest absolute Gasteiger partial charge is 0.485 e. The number of carboxylic acids is 2. The summed E-state index contributed by atoms with van der Waals surface area (Å²) in [5.41, 5.74) is 1.56. The molecule has 0 amide bonds. The Hall–Kier alpha value is -5.40. The first-order valence-electron chi connectivity index (χ1n) is 13.7. The molecule has 15 heteroatoms. The summed E-state index contributed by atoms with van der Waals surface area (Å²) in [5, 5.41) is 22.4. The highest BCUT2D eigenvalue weighted by atomic mass is 32.1. The van der Waals surface area contributed by atoms with Gasteiger partial charge in [0.05, 0.1) is 16.8 Å². The number of rotatable bonds is 5. The van der Waals surface area contributed by atoms with Gasteiger partial charge in [-0.25, -0.2) is 19.1 Å². The summed E-state index contributed by atoms with van der Waals surface area (Å²) >= 11 is 1.26. The number of nitrogens with zero attached hydrogens (tertiary/aromatic N) is 3. The fourth-order valence-corrected chi connectivity index (χ4v) is 5.56.